The molecule has 1 atom stereocenters. The van der Waals surface area contributed by atoms with E-state index in [1.54, 1.807) is 6.07 Å². The fourth-order valence-electron chi connectivity index (χ4n) is 6.86. The molecule has 0 saturated carbocycles. The molecule has 3 heterocycles. The molecule has 14 nitrogen and oxygen atoms in total. The number of para-hydroxylation sites is 1. The van der Waals surface area contributed by atoms with E-state index in [4.69, 9.17) is 10.5 Å². The Balaban J connectivity index is 0.840. The summed E-state index contributed by atoms with van der Waals surface area (Å²) >= 11 is 0. The lowest BCUT2D eigenvalue weighted by Gasteiger charge is -2.27. The SMILES string of the molecule is NC(=O)c1cnc2ccc(NCCCCCCCCCCNC(=O)COc3cccc4c3C(=O)N(C3CCC(=O)NC3=O)C4=O)cc2c1Nc1ccccc1. The van der Waals surface area contributed by atoms with Gasteiger partial charge in [-0.3, -0.25) is 44.0 Å². The summed E-state index contributed by atoms with van der Waals surface area (Å²) in [5.41, 5.74) is 9.30. The molecule has 0 bridgehead atoms. The topological polar surface area (TPSA) is 202 Å². The summed E-state index contributed by atoms with van der Waals surface area (Å²) in [7, 11) is 0. The Hall–Kier alpha value is -6.31. The van der Waals surface area contributed by atoms with Crippen LogP contribution >= 0.6 is 0 Å². The number of hydrogen-bond donors (Lipinski definition) is 5. The summed E-state index contributed by atoms with van der Waals surface area (Å²) in [5.74, 6) is -3.25. The Morgan fingerprint density at radius 2 is 1.56 bits per heavy atom. The Morgan fingerprint density at radius 1 is 0.836 bits per heavy atom. The molecule has 0 spiro atoms. The summed E-state index contributed by atoms with van der Waals surface area (Å²) in [6.07, 6.45) is 9.97. The number of amides is 6. The number of benzene rings is 3. The molecule has 3 aromatic carbocycles. The van der Waals surface area contributed by atoms with Crippen LogP contribution in [0.2, 0.25) is 0 Å². The lowest BCUT2D eigenvalue weighted by molar-refractivity contribution is -0.136. The molecule has 0 radical (unpaired) electrons. The molecule has 14 heteroatoms. The number of anilines is 3. The molecule has 2 aliphatic heterocycles. The highest BCUT2D eigenvalue weighted by molar-refractivity contribution is 6.24. The average Bonchev–Trinajstić information content (AvgIpc) is 3.43. The maximum absolute atomic E-state index is 13.2. The number of pyridine rings is 1. The van der Waals surface area contributed by atoms with Crippen LogP contribution in [0.25, 0.3) is 10.9 Å². The predicted octanol–water partition coefficient (Wildman–Crippen LogP) is 5.21. The van der Waals surface area contributed by atoms with Gasteiger partial charge in [0.05, 0.1) is 27.9 Å². The van der Waals surface area contributed by atoms with Gasteiger partial charge in [-0.25, -0.2) is 0 Å². The molecule has 1 aromatic heterocycles. The standard InChI is InChI=1S/C41H45N7O7/c42-38(51)30-24-45-31-18-17-27(23-29(31)37(30)46-26-13-8-7-9-14-26)43-21-10-5-3-1-2-4-6-11-22-44-35(50)25-55-33-16-12-15-28-36(33)41(54)48(40(28)53)32-19-20-34(49)47-39(32)52/h7-9,12-18,23-24,32,43H,1-6,10-11,19-22,25H2,(H2,42,51)(H,44,50)(H,45,46)(H,47,49,52). The van der Waals surface area contributed by atoms with Gasteiger partial charge in [-0.15, -0.1) is 0 Å². The minimum absolute atomic E-state index is 0.0105. The van der Waals surface area contributed by atoms with E-state index >= 15 is 0 Å². The van der Waals surface area contributed by atoms with Crippen LogP contribution in [0.1, 0.15) is 95.3 Å². The zero-order valence-electron chi connectivity index (χ0n) is 30.5. The second-order valence-corrected chi connectivity index (χ2v) is 13.7. The van der Waals surface area contributed by atoms with Crippen LogP contribution in [0, 0.1) is 0 Å². The number of nitrogens with one attached hydrogen (secondary N) is 4. The molecule has 6 rings (SSSR count). The van der Waals surface area contributed by atoms with Gasteiger partial charge < -0.3 is 26.4 Å². The number of carbonyl (C=O) groups is 6. The second kappa shape index (κ2) is 18.1. The minimum atomic E-state index is -1.08. The summed E-state index contributed by atoms with van der Waals surface area (Å²) < 4.78 is 5.65. The molecular formula is C41H45N7O7. The van der Waals surface area contributed by atoms with Gasteiger partial charge in [0.1, 0.15) is 11.8 Å². The van der Waals surface area contributed by atoms with Crippen LogP contribution in [-0.4, -0.2) is 71.1 Å². The number of primary amides is 1. The summed E-state index contributed by atoms with van der Waals surface area (Å²) in [5, 5.41) is 12.7. The number of nitrogens with zero attached hydrogens (tertiary/aromatic N) is 2. The fourth-order valence-corrected chi connectivity index (χ4v) is 6.86. The predicted molar refractivity (Wildman–Crippen MR) is 207 cm³/mol. The number of nitrogens with two attached hydrogens (primary N) is 1. The lowest BCUT2D eigenvalue weighted by Crippen LogP contribution is -2.54. The van der Waals surface area contributed by atoms with Crippen molar-refractivity contribution >= 4 is 63.4 Å². The van der Waals surface area contributed by atoms with E-state index in [9.17, 15) is 28.8 Å². The number of fused-ring (bicyclic) bond motifs is 2. The van der Waals surface area contributed by atoms with Gasteiger partial charge in [0, 0.05) is 42.5 Å². The van der Waals surface area contributed by atoms with Gasteiger partial charge in [0.2, 0.25) is 11.8 Å². The Morgan fingerprint density at radius 3 is 2.29 bits per heavy atom. The van der Waals surface area contributed by atoms with Crippen molar-refractivity contribution in [1.82, 2.24) is 20.5 Å². The average molecular weight is 748 g/mol. The molecular weight excluding hydrogens is 702 g/mol. The molecule has 2 aliphatic rings. The summed E-state index contributed by atoms with van der Waals surface area (Å²) in [6, 6.07) is 19.0. The van der Waals surface area contributed by atoms with E-state index in [1.165, 1.54) is 18.3 Å². The normalized spacial score (nSPS) is 15.1. The first-order chi connectivity index (χ1) is 26.7. The monoisotopic (exact) mass is 747 g/mol. The Labute approximate surface area is 318 Å². The van der Waals surface area contributed by atoms with E-state index in [0.717, 1.165) is 85.1 Å². The maximum atomic E-state index is 13.2. The zero-order chi connectivity index (χ0) is 38.7. The molecule has 6 amide bonds. The van der Waals surface area contributed by atoms with Crippen molar-refractivity contribution in [1.29, 1.82) is 0 Å². The summed E-state index contributed by atoms with van der Waals surface area (Å²) in [4.78, 5) is 80.0. The van der Waals surface area contributed by atoms with E-state index in [0.29, 0.717) is 17.8 Å². The number of unbranched alkanes of at least 4 members (excludes halogenated alkanes) is 7. The van der Waals surface area contributed by atoms with Crippen LogP contribution in [0.5, 0.6) is 5.75 Å². The molecule has 4 aromatic rings. The zero-order valence-corrected chi connectivity index (χ0v) is 30.5. The number of rotatable bonds is 19. The van der Waals surface area contributed by atoms with E-state index < -0.39 is 35.6 Å². The molecule has 55 heavy (non-hydrogen) atoms. The van der Waals surface area contributed by atoms with Crippen LogP contribution < -0.4 is 31.7 Å². The first-order valence-corrected chi connectivity index (χ1v) is 18.7. The highest BCUT2D eigenvalue weighted by Crippen LogP contribution is 2.34. The van der Waals surface area contributed by atoms with Gasteiger partial charge in [-0.05, 0) is 61.7 Å². The molecule has 0 aliphatic carbocycles. The van der Waals surface area contributed by atoms with Gasteiger partial charge in [-0.2, -0.15) is 0 Å². The number of imide groups is 2. The fraction of sp³-hybridized carbons (Fsp3) is 0.341. The first-order valence-electron chi connectivity index (χ1n) is 18.7. The number of piperidine rings is 1. The lowest BCUT2D eigenvalue weighted by atomic mass is 10.0. The van der Waals surface area contributed by atoms with Crippen molar-refractivity contribution < 1.29 is 33.5 Å². The van der Waals surface area contributed by atoms with E-state index in [2.05, 4.69) is 26.3 Å². The van der Waals surface area contributed by atoms with Crippen LogP contribution in [0.3, 0.4) is 0 Å². The van der Waals surface area contributed by atoms with E-state index in [1.807, 2.05) is 48.5 Å². The number of hydrogen-bond acceptors (Lipinski definition) is 10. The van der Waals surface area contributed by atoms with Crippen molar-refractivity contribution in [3.8, 4) is 5.75 Å². The van der Waals surface area contributed by atoms with Gasteiger partial charge >= 0.3 is 0 Å². The van der Waals surface area contributed by atoms with Gasteiger partial charge in [0.15, 0.2) is 6.61 Å². The Kier molecular flexibility index (Phi) is 12.7. The molecule has 286 valence electrons. The molecule has 6 N–H and O–H groups in total. The quantitative estimate of drug-likeness (QED) is 0.0627. The highest BCUT2D eigenvalue weighted by Gasteiger charge is 2.46. The Bertz CT molecular complexity index is 2090. The van der Waals surface area contributed by atoms with Gasteiger partial charge in [0.25, 0.3) is 23.6 Å². The first kappa shape index (κ1) is 38.4. The highest BCUT2D eigenvalue weighted by atomic mass is 16.5. The van der Waals surface area contributed by atoms with Crippen LogP contribution in [0.4, 0.5) is 17.1 Å². The summed E-state index contributed by atoms with van der Waals surface area (Å²) in [6.45, 7) is 0.993. The third-order valence-corrected chi connectivity index (χ3v) is 9.72. The van der Waals surface area contributed by atoms with Crippen molar-refractivity contribution in [2.24, 2.45) is 5.73 Å². The number of ether oxygens (including phenoxy) is 1. The smallest absolute Gasteiger partial charge is 0.266 e. The third kappa shape index (κ3) is 9.44. The van der Waals surface area contributed by atoms with Crippen molar-refractivity contribution in [2.45, 2.75) is 70.3 Å². The number of carbonyl (C=O) groups excluding carboxylic acids is 6. The van der Waals surface area contributed by atoms with Crippen LogP contribution in [-0.2, 0) is 14.4 Å². The molecule has 1 saturated heterocycles. The van der Waals surface area contributed by atoms with Gasteiger partial charge in [-0.1, -0.05) is 62.8 Å². The van der Waals surface area contributed by atoms with Crippen molar-refractivity contribution in [3.05, 3.63) is 89.6 Å². The molecule has 1 fully saturated rings. The molecule has 1 unspecified atom stereocenters. The largest absolute Gasteiger partial charge is 0.483 e. The third-order valence-electron chi connectivity index (χ3n) is 9.72. The van der Waals surface area contributed by atoms with Crippen LogP contribution in [0.15, 0.2) is 72.9 Å². The van der Waals surface area contributed by atoms with Crippen molar-refractivity contribution in [2.75, 3.05) is 30.3 Å². The minimum Gasteiger partial charge on any atom is -0.483 e. The van der Waals surface area contributed by atoms with E-state index in [-0.39, 0.29) is 42.2 Å². The second-order valence-electron chi connectivity index (χ2n) is 13.7. The number of aromatic nitrogens is 1. The van der Waals surface area contributed by atoms with Crippen molar-refractivity contribution in [3.63, 3.8) is 0 Å². The maximum Gasteiger partial charge on any atom is 0.266 e.